The van der Waals surface area contributed by atoms with Crippen LogP contribution in [-0.2, 0) is 16.4 Å². The predicted octanol–water partition coefficient (Wildman–Crippen LogP) is 1.88. The van der Waals surface area contributed by atoms with Gasteiger partial charge in [-0.2, -0.15) is 8.78 Å². The minimum Gasteiger partial charge on any atom is -0.350 e. The number of fused-ring (bicyclic) bond motifs is 1. The number of nitrogens with one attached hydrogen (secondary N) is 1. The van der Waals surface area contributed by atoms with Gasteiger partial charge in [0.25, 0.3) is 11.5 Å². The van der Waals surface area contributed by atoms with Crippen molar-refractivity contribution in [3.8, 4) is 0 Å². The number of carbonyl (C=O) groups excluding carboxylic acids is 1. The molecule has 0 atom stereocenters. The Kier molecular flexibility index (Phi) is 5.33. The van der Waals surface area contributed by atoms with E-state index in [1.165, 1.54) is 34.4 Å². The van der Waals surface area contributed by atoms with E-state index in [9.17, 15) is 26.8 Å². The Morgan fingerprint density at radius 2 is 2.00 bits per heavy atom. The number of hydrogen-bond acceptors (Lipinski definition) is 6. The summed E-state index contributed by atoms with van der Waals surface area (Å²) >= 11 is 1.25. The van der Waals surface area contributed by atoms with E-state index in [0.29, 0.717) is 10.2 Å². The molecular weight excluding hydrogens is 400 g/mol. The number of carbonyl (C=O) groups is 1. The van der Waals surface area contributed by atoms with Gasteiger partial charge in [-0.25, -0.2) is 13.4 Å². The molecule has 1 amide bonds. The van der Waals surface area contributed by atoms with Crippen LogP contribution in [0.4, 0.5) is 8.78 Å². The third kappa shape index (κ3) is 3.74. The van der Waals surface area contributed by atoms with Gasteiger partial charge in [0, 0.05) is 13.1 Å². The van der Waals surface area contributed by atoms with Gasteiger partial charge in [0.15, 0.2) is 0 Å². The first-order valence-corrected chi connectivity index (χ1v) is 10.1. The summed E-state index contributed by atoms with van der Waals surface area (Å²) in [4.78, 5) is 27.9. The highest BCUT2D eigenvalue weighted by Crippen LogP contribution is 2.22. The molecule has 27 heavy (non-hydrogen) atoms. The molecule has 2 heterocycles. The van der Waals surface area contributed by atoms with E-state index in [-0.39, 0.29) is 24.2 Å². The van der Waals surface area contributed by atoms with Gasteiger partial charge in [0.2, 0.25) is 9.84 Å². The number of nitrogens with zero attached hydrogens (tertiary/aromatic N) is 2. The van der Waals surface area contributed by atoms with Gasteiger partial charge in [-0.3, -0.25) is 14.2 Å². The molecule has 3 aromatic rings. The Balaban J connectivity index is 1.75. The summed E-state index contributed by atoms with van der Waals surface area (Å²) in [7, 11) is -4.91. The topological polar surface area (TPSA) is 98.1 Å². The molecule has 1 N–H and O–H groups in total. The summed E-state index contributed by atoms with van der Waals surface area (Å²) in [6, 6.07) is 6.45. The summed E-state index contributed by atoms with van der Waals surface area (Å²) in [5.74, 6) is -4.46. The fourth-order valence-electron chi connectivity index (χ4n) is 2.42. The smallest absolute Gasteiger partial charge is 0.341 e. The van der Waals surface area contributed by atoms with Crippen LogP contribution in [0.15, 0.2) is 51.7 Å². The minimum absolute atomic E-state index is 0.0135. The summed E-state index contributed by atoms with van der Waals surface area (Å²) < 4.78 is 50.8. The Morgan fingerprint density at radius 3 is 2.74 bits per heavy atom. The van der Waals surface area contributed by atoms with Crippen molar-refractivity contribution in [2.45, 2.75) is 17.2 Å². The molecule has 2 aromatic heterocycles. The highest BCUT2D eigenvalue weighted by Gasteiger charge is 2.30. The van der Waals surface area contributed by atoms with Crippen LogP contribution in [0, 0.1) is 0 Å². The molecule has 0 aliphatic rings. The zero-order valence-corrected chi connectivity index (χ0v) is 15.3. The molecule has 142 valence electrons. The molecule has 1 aromatic carbocycles. The molecule has 0 saturated carbocycles. The van der Waals surface area contributed by atoms with Crippen LogP contribution in [0.3, 0.4) is 0 Å². The van der Waals surface area contributed by atoms with E-state index in [1.54, 1.807) is 11.4 Å². The number of benzene rings is 1. The average molecular weight is 413 g/mol. The van der Waals surface area contributed by atoms with Gasteiger partial charge in [-0.05, 0) is 23.6 Å². The van der Waals surface area contributed by atoms with Crippen molar-refractivity contribution in [1.82, 2.24) is 14.9 Å². The zero-order chi connectivity index (χ0) is 19.6. The largest absolute Gasteiger partial charge is 0.350 e. The maximum atomic E-state index is 12.8. The Morgan fingerprint density at radius 1 is 1.26 bits per heavy atom. The van der Waals surface area contributed by atoms with E-state index in [0.717, 1.165) is 12.1 Å². The number of rotatable bonds is 6. The molecule has 0 aliphatic carbocycles. The second-order valence-electron chi connectivity index (χ2n) is 5.44. The van der Waals surface area contributed by atoms with Gasteiger partial charge in [-0.1, -0.05) is 12.1 Å². The first-order valence-electron chi connectivity index (χ1n) is 7.64. The van der Waals surface area contributed by atoms with E-state index >= 15 is 0 Å². The van der Waals surface area contributed by atoms with Crippen LogP contribution in [-0.4, -0.2) is 36.2 Å². The Bertz CT molecular complexity index is 1160. The van der Waals surface area contributed by atoms with Crippen molar-refractivity contribution in [2.24, 2.45) is 0 Å². The lowest BCUT2D eigenvalue weighted by Crippen LogP contribution is -2.31. The zero-order valence-electron chi connectivity index (χ0n) is 13.6. The van der Waals surface area contributed by atoms with Gasteiger partial charge in [-0.15, -0.1) is 11.3 Å². The van der Waals surface area contributed by atoms with Crippen LogP contribution in [0.1, 0.15) is 10.4 Å². The quantitative estimate of drug-likeness (QED) is 0.665. The molecule has 0 bridgehead atoms. The first-order chi connectivity index (χ1) is 12.8. The number of alkyl halides is 2. The lowest BCUT2D eigenvalue weighted by Gasteiger charge is -2.11. The van der Waals surface area contributed by atoms with E-state index in [4.69, 9.17) is 0 Å². The van der Waals surface area contributed by atoms with Crippen molar-refractivity contribution in [2.75, 3.05) is 6.54 Å². The Labute approximate surface area is 156 Å². The summed E-state index contributed by atoms with van der Waals surface area (Å²) in [6.45, 7) is 0.0789. The summed E-state index contributed by atoms with van der Waals surface area (Å²) in [6.07, 6.45) is 1.35. The highest BCUT2D eigenvalue weighted by molar-refractivity contribution is 7.91. The first kappa shape index (κ1) is 19.1. The second-order valence-corrected chi connectivity index (χ2v) is 8.24. The Hall–Kier alpha value is -2.66. The van der Waals surface area contributed by atoms with Gasteiger partial charge in [0.1, 0.15) is 4.70 Å². The van der Waals surface area contributed by atoms with Crippen LogP contribution in [0.5, 0.6) is 0 Å². The van der Waals surface area contributed by atoms with Crippen LogP contribution in [0.2, 0.25) is 0 Å². The van der Waals surface area contributed by atoms with Crippen molar-refractivity contribution in [3.63, 3.8) is 0 Å². The monoisotopic (exact) mass is 413 g/mol. The molecule has 0 saturated heterocycles. The molecule has 11 heteroatoms. The molecule has 0 radical (unpaired) electrons. The number of sulfone groups is 1. The molecular formula is C16H13F2N3O4S2. The number of thiophene rings is 1. The minimum atomic E-state index is -4.91. The highest BCUT2D eigenvalue weighted by atomic mass is 32.2. The number of hydrogen-bond donors (Lipinski definition) is 1. The third-order valence-electron chi connectivity index (χ3n) is 3.75. The maximum Gasteiger partial charge on any atom is 0.341 e. The lowest BCUT2D eigenvalue weighted by molar-refractivity contribution is 0.0948. The van der Waals surface area contributed by atoms with E-state index in [1.807, 2.05) is 0 Å². The predicted molar refractivity (Wildman–Crippen MR) is 95.8 cm³/mol. The van der Waals surface area contributed by atoms with E-state index < -0.39 is 26.4 Å². The fraction of sp³-hybridized carbons (Fsp3) is 0.188. The number of aromatic nitrogens is 2. The van der Waals surface area contributed by atoms with Crippen molar-refractivity contribution in [1.29, 1.82) is 0 Å². The molecule has 0 spiro atoms. The third-order valence-corrected chi connectivity index (χ3v) is 6.08. The van der Waals surface area contributed by atoms with Crippen LogP contribution < -0.4 is 10.9 Å². The van der Waals surface area contributed by atoms with Gasteiger partial charge in [0.05, 0.1) is 22.3 Å². The summed E-state index contributed by atoms with van der Waals surface area (Å²) in [5, 5.41) is 4.18. The number of halogens is 2. The molecule has 0 fully saturated rings. The molecule has 7 nitrogen and oxygen atoms in total. The second kappa shape index (κ2) is 7.53. The summed E-state index contributed by atoms with van der Waals surface area (Å²) in [5.41, 5.74) is -0.0571. The maximum absolute atomic E-state index is 12.8. The lowest BCUT2D eigenvalue weighted by atomic mass is 10.2. The standard InChI is InChI=1S/C16H13F2N3O4S2/c17-16(18)27(24,25)12-4-2-1-3-10(12)14(22)19-6-7-21-9-20-11-5-8-26-13(11)15(21)23/h1-5,8-9,16H,6-7H2,(H,19,22). The molecule has 3 rings (SSSR count). The SMILES string of the molecule is O=C(NCCn1cnc2ccsc2c1=O)c1ccccc1S(=O)(=O)C(F)F. The number of amides is 1. The van der Waals surface area contributed by atoms with E-state index in [2.05, 4.69) is 10.3 Å². The van der Waals surface area contributed by atoms with Crippen molar-refractivity contribution >= 4 is 37.3 Å². The van der Waals surface area contributed by atoms with Crippen molar-refractivity contribution < 1.29 is 22.0 Å². The van der Waals surface area contributed by atoms with Crippen molar-refractivity contribution in [3.05, 3.63) is 58.0 Å². The fourth-order valence-corrected chi connectivity index (χ4v) is 4.14. The normalized spacial score (nSPS) is 11.8. The van der Waals surface area contributed by atoms with Gasteiger partial charge < -0.3 is 5.32 Å². The van der Waals surface area contributed by atoms with Gasteiger partial charge >= 0.3 is 5.76 Å². The van der Waals surface area contributed by atoms with Crippen LogP contribution in [0.25, 0.3) is 10.2 Å². The molecule has 0 unspecified atom stereocenters. The average Bonchev–Trinajstić information content (AvgIpc) is 3.13. The molecule has 0 aliphatic heterocycles. The van der Waals surface area contributed by atoms with Crippen LogP contribution >= 0.6 is 11.3 Å².